The minimum absolute atomic E-state index is 0.0763. The van der Waals surface area contributed by atoms with E-state index in [0.29, 0.717) is 17.9 Å². The number of benzene rings is 2. The Morgan fingerprint density at radius 1 is 1.03 bits per heavy atom. The first-order valence-electron chi connectivity index (χ1n) is 10.5. The first-order valence-corrected chi connectivity index (χ1v) is 12.7. The Morgan fingerprint density at radius 3 is 2.37 bits per heavy atom. The third kappa shape index (κ3) is 6.35. The van der Waals surface area contributed by atoms with Crippen molar-refractivity contribution >= 4 is 39.5 Å². The summed E-state index contributed by atoms with van der Waals surface area (Å²) in [6.07, 6.45) is 6.72. The molecule has 0 heterocycles. The normalized spacial score (nSPS) is 19.7. The summed E-state index contributed by atoms with van der Waals surface area (Å²) in [6.45, 7) is 0. The molecule has 1 fully saturated rings. The Morgan fingerprint density at radius 2 is 1.70 bits per heavy atom. The lowest BCUT2D eigenvalue weighted by Crippen LogP contribution is -2.50. The van der Waals surface area contributed by atoms with Crippen LogP contribution in [0.2, 0.25) is 0 Å². The monoisotopic (exact) mass is 488 g/mol. The second-order valence-corrected chi connectivity index (χ2v) is 9.60. The summed E-state index contributed by atoms with van der Waals surface area (Å²) in [5.41, 5.74) is 1.93. The maximum Gasteiger partial charge on any atom is 0.253 e. The number of hydrogen-bond acceptors (Lipinski definition) is 3. The van der Waals surface area contributed by atoms with Gasteiger partial charge in [-0.05, 0) is 83.7 Å². The highest BCUT2D eigenvalue weighted by Crippen LogP contribution is 2.32. The Labute approximate surface area is 191 Å². The Bertz CT molecular complexity index is 838. The molecule has 2 aromatic rings. The number of thioether (sulfide) groups is 1. The highest BCUT2D eigenvalue weighted by atomic mass is 79.9. The predicted octanol–water partition coefficient (Wildman–Crippen LogP) is 5.14. The quantitative estimate of drug-likeness (QED) is 0.540. The Kier molecular flexibility index (Phi) is 8.82. The molecule has 2 aromatic carbocycles. The largest absolute Gasteiger partial charge is 0.352 e. The third-order valence-corrected chi connectivity index (χ3v) is 7.03. The molecule has 1 saturated carbocycles. The molecule has 30 heavy (non-hydrogen) atoms. The zero-order chi connectivity index (χ0) is 21.3. The number of rotatable bonds is 8. The third-order valence-electron chi connectivity index (χ3n) is 5.70. The van der Waals surface area contributed by atoms with Crippen LogP contribution in [0.5, 0.6) is 0 Å². The fraction of sp³-hybridized carbons (Fsp3) is 0.417. The highest BCUT2D eigenvalue weighted by Gasteiger charge is 2.27. The molecule has 2 N–H and O–H groups in total. The summed E-state index contributed by atoms with van der Waals surface area (Å²) in [5.74, 6) is 1.08. The van der Waals surface area contributed by atoms with Gasteiger partial charge in [-0.15, -0.1) is 0 Å². The van der Waals surface area contributed by atoms with Crippen molar-refractivity contribution in [1.29, 1.82) is 0 Å². The van der Waals surface area contributed by atoms with E-state index in [1.165, 1.54) is 5.56 Å². The molecule has 1 atom stereocenters. The molecule has 4 nitrogen and oxygen atoms in total. The van der Waals surface area contributed by atoms with Gasteiger partial charge >= 0.3 is 0 Å². The smallest absolute Gasteiger partial charge is 0.253 e. The van der Waals surface area contributed by atoms with Crippen LogP contribution >= 0.6 is 27.7 Å². The van der Waals surface area contributed by atoms with Gasteiger partial charge in [-0.3, -0.25) is 9.59 Å². The average Bonchev–Trinajstić information content (AvgIpc) is 2.78. The van der Waals surface area contributed by atoms with Crippen molar-refractivity contribution in [2.45, 2.75) is 50.1 Å². The van der Waals surface area contributed by atoms with Crippen LogP contribution in [0.4, 0.5) is 0 Å². The highest BCUT2D eigenvalue weighted by molar-refractivity contribution is 9.10. The van der Waals surface area contributed by atoms with Gasteiger partial charge in [-0.2, -0.15) is 11.8 Å². The van der Waals surface area contributed by atoms with Crippen LogP contribution in [-0.4, -0.2) is 35.9 Å². The van der Waals surface area contributed by atoms with E-state index >= 15 is 0 Å². The zero-order valence-electron chi connectivity index (χ0n) is 17.3. The van der Waals surface area contributed by atoms with Crippen LogP contribution in [0.1, 0.15) is 53.9 Å². The van der Waals surface area contributed by atoms with Crippen molar-refractivity contribution in [3.8, 4) is 0 Å². The number of halogens is 1. The van der Waals surface area contributed by atoms with Gasteiger partial charge in [-0.1, -0.05) is 42.5 Å². The van der Waals surface area contributed by atoms with Gasteiger partial charge < -0.3 is 10.6 Å². The van der Waals surface area contributed by atoms with Crippen molar-refractivity contribution < 1.29 is 9.59 Å². The lowest BCUT2D eigenvalue weighted by molar-refractivity contribution is -0.124. The van der Waals surface area contributed by atoms with E-state index in [2.05, 4.69) is 50.8 Å². The van der Waals surface area contributed by atoms with Crippen LogP contribution in [-0.2, 0) is 4.79 Å². The van der Waals surface area contributed by atoms with Gasteiger partial charge in [0, 0.05) is 10.5 Å². The van der Waals surface area contributed by atoms with E-state index < -0.39 is 6.04 Å². The fourth-order valence-electron chi connectivity index (χ4n) is 3.98. The molecule has 0 aliphatic heterocycles. The summed E-state index contributed by atoms with van der Waals surface area (Å²) in [6, 6.07) is 17.5. The van der Waals surface area contributed by atoms with Crippen molar-refractivity contribution in [3.05, 3.63) is 70.2 Å². The molecule has 0 saturated heterocycles. The first-order chi connectivity index (χ1) is 14.6. The van der Waals surface area contributed by atoms with E-state index in [1.807, 2.05) is 30.5 Å². The molecule has 6 heteroatoms. The zero-order valence-corrected chi connectivity index (χ0v) is 19.7. The van der Waals surface area contributed by atoms with Gasteiger partial charge in [0.25, 0.3) is 5.91 Å². The van der Waals surface area contributed by atoms with Crippen LogP contribution in [0.3, 0.4) is 0 Å². The van der Waals surface area contributed by atoms with Gasteiger partial charge in [0.15, 0.2) is 0 Å². The fourth-order valence-corrected chi connectivity index (χ4v) is 4.92. The van der Waals surface area contributed by atoms with Crippen LogP contribution < -0.4 is 10.6 Å². The molecular formula is C24H29BrN2O2S. The minimum atomic E-state index is -0.524. The van der Waals surface area contributed by atoms with E-state index in [4.69, 9.17) is 0 Å². The van der Waals surface area contributed by atoms with Gasteiger partial charge in [-0.25, -0.2) is 0 Å². The molecule has 160 valence electrons. The Hall–Kier alpha value is -1.79. The lowest BCUT2D eigenvalue weighted by atomic mass is 9.81. The number of amides is 2. The molecule has 0 bridgehead atoms. The second-order valence-electron chi connectivity index (χ2n) is 7.76. The van der Waals surface area contributed by atoms with E-state index in [0.717, 1.165) is 35.9 Å². The standard InChI is InChI=1S/C24H29BrN2O2S/c1-30-16-15-22(27-23(28)20-9-5-6-10-21(20)25)24(29)26-19-13-11-18(12-14-19)17-7-3-2-4-8-17/h2-10,18-19,22H,11-16H2,1H3,(H,26,29)(H,27,28). The maximum absolute atomic E-state index is 13.0. The first kappa shape index (κ1) is 22.9. The van der Waals surface area contributed by atoms with E-state index in [-0.39, 0.29) is 17.9 Å². The number of carbonyl (C=O) groups excluding carboxylic acids is 2. The second kappa shape index (κ2) is 11.6. The Balaban J connectivity index is 1.56. The molecule has 1 aliphatic carbocycles. The van der Waals surface area contributed by atoms with Crippen molar-refractivity contribution in [2.24, 2.45) is 0 Å². The molecule has 3 rings (SSSR count). The van der Waals surface area contributed by atoms with E-state index in [9.17, 15) is 9.59 Å². The topological polar surface area (TPSA) is 58.2 Å². The molecule has 0 aromatic heterocycles. The van der Waals surface area contributed by atoms with Crippen molar-refractivity contribution in [3.63, 3.8) is 0 Å². The molecule has 0 radical (unpaired) electrons. The van der Waals surface area contributed by atoms with E-state index in [1.54, 1.807) is 17.8 Å². The van der Waals surface area contributed by atoms with Crippen LogP contribution in [0, 0.1) is 0 Å². The SMILES string of the molecule is CSCCC(NC(=O)c1ccccc1Br)C(=O)NC1CCC(c2ccccc2)CC1. The molecule has 1 unspecified atom stereocenters. The summed E-state index contributed by atoms with van der Waals surface area (Å²) in [7, 11) is 0. The summed E-state index contributed by atoms with van der Waals surface area (Å²) >= 11 is 5.09. The molecular weight excluding hydrogens is 460 g/mol. The van der Waals surface area contributed by atoms with Gasteiger partial charge in [0.1, 0.15) is 6.04 Å². The lowest BCUT2D eigenvalue weighted by Gasteiger charge is -2.30. The summed E-state index contributed by atoms with van der Waals surface area (Å²) in [5, 5.41) is 6.14. The minimum Gasteiger partial charge on any atom is -0.352 e. The molecule has 0 spiro atoms. The molecule has 2 amide bonds. The maximum atomic E-state index is 13.0. The number of carbonyl (C=O) groups is 2. The van der Waals surface area contributed by atoms with Crippen LogP contribution in [0.25, 0.3) is 0 Å². The van der Waals surface area contributed by atoms with Gasteiger partial charge in [0.05, 0.1) is 5.56 Å². The average molecular weight is 489 g/mol. The molecule has 1 aliphatic rings. The van der Waals surface area contributed by atoms with Crippen molar-refractivity contribution in [2.75, 3.05) is 12.0 Å². The number of nitrogens with one attached hydrogen (secondary N) is 2. The number of hydrogen-bond donors (Lipinski definition) is 2. The predicted molar refractivity (Wildman–Crippen MR) is 128 cm³/mol. The summed E-state index contributed by atoms with van der Waals surface area (Å²) in [4.78, 5) is 25.7. The van der Waals surface area contributed by atoms with Gasteiger partial charge in [0.2, 0.25) is 5.91 Å². The van der Waals surface area contributed by atoms with Crippen molar-refractivity contribution in [1.82, 2.24) is 10.6 Å². The van der Waals surface area contributed by atoms with Crippen LogP contribution in [0.15, 0.2) is 59.1 Å². The summed E-state index contributed by atoms with van der Waals surface area (Å²) < 4.78 is 0.728.